The van der Waals surface area contributed by atoms with E-state index in [9.17, 15) is 0 Å². The second-order valence-corrected chi connectivity index (χ2v) is 4.40. The Morgan fingerprint density at radius 3 is 2.06 bits per heavy atom. The van der Waals surface area contributed by atoms with Crippen LogP contribution in [0.5, 0.6) is 0 Å². The second-order valence-electron chi connectivity index (χ2n) is 4.40. The van der Waals surface area contributed by atoms with Crippen molar-refractivity contribution >= 4 is 5.69 Å². The lowest BCUT2D eigenvalue weighted by molar-refractivity contribution is 1.32. The number of anilines is 1. The monoisotopic (exact) mass is 211 g/mol. The van der Waals surface area contributed by atoms with Gasteiger partial charge in [-0.25, -0.2) is 0 Å². The average Bonchev–Trinajstić information content (AvgIpc) is 2.15. The molecule has 0 fully saturated rings. The molecule has 16 heavy (non-hydrogen) atoms. The molecule has 2 rings (SSSR count). The van der Waals surface area contributed by atoms with Gasteiger partial charge in [0.05, 0.1) is 0 Å². The molecule has 1 heteroatoms. The van der Waals surface area contributed by atoms with Crippen LogP contribution in [0, 0.1) is 20.8 Å². The smallest absolute Gasteiger partial charge is 0.0320 e. The maximum absolute atomic E-state index is 5.83. The molecule has 0 radical (unpaired) electrons. The van der Waals surface area contributed by atoms with Gasteiger partial charge in [0.1, 0.15) is 0 Å². The molecular weight excluding hydrogens is 194 g/mol. The first kappa shape index (κ1) is 10.7. The minimum Gasteiger partial charge on any atom is -0.399 e. The van der Waals surface area contributed by atoms with Crippen molar-refractivity contribution in [3.05, 3.63) is 53.1 Å². The van der Waals surface area contributed by atoms with E-state index >= 15 is 0 Å². The molecule has 0 spiro atoms. The molecule has 0 aliphatic heterocycles. The summed E-state index contributed by atoms with van der Waals surface area (Å²) in [4.78, 5) is 0. The van der Waals surface area contributed by atoms with Crippen LogP contribution < -0.4 is 5.73 Å². The van der Waals surface area contributed by atoms with Gasteiger partial charge in [0.2, 0.25) is 0 Å². The summed E-state index contributed by atoms with van der Waals surface area (Å²) in [5.41, 5.74) is 13.1. The van der Waals surface area contributed by atoms with Gasteiger partial charge in [0.25, 0.3) is 0 Å². The van der Waals surface area contributed by atoms with Crippen molar-refractivity contribution in [1.29, 1.82) is 0 Å². The molecule has 0 atom stereocenters. The quantitative estimate of drug-likeness (QED) is 0.712. The lowest BCUT2D eigenvalue weighted by Crippen LogP contribution is -1.91. The van der Waals surface area contributed by atoms with Crippen molar-refractivity contribution in [3.8, 4) is 11.1 Å². The lowest BCUT2D eigenvalue weighted by atomic mass is 9.94. The molecule has 0 amide bonds. The van der Waals surface area contributed by atoms with Crippen LogP contribution in [0.3, 0.4) is 0 Å². The molecule has 0 saturated heterocycles. The first-order valence-corrected chi connectivity index (χ1v) is 5.51. The second kappa shape index (κ2) is 4.01. The van der Waals surface area contributed by atoms with E-state index in [-0.39, 0.29) is 0 Å². The highest BCUT2D eigenvalue weighted by Crippen LogP contribution is 2.29. The van der Waals surface area contributed by atoms with E-state index < -0.39 is 0 Å². The van der Waals surface area contributed by atoms with Gasteiger partial charge in [-0.2, -0.15) is 0 Å². The van der Waals surface area contributed by atoms with Crippen molar-refractivity contribution in [1.82, 2.24) is 0 Å². The van der Waals surface area contributed by atoms with E-state index in [0.717, 1.165) is 5.69 Å². The van der Waals surface area contributed by atoms with Gasteiger partial charge in [-0.15, -0.1) is 0 Å². The zero-order valence-corrected chi connectivity index (χ0v) is 10.0. The molecular formula is C15H17N. The highest BCUT2D eigenvalue weighted by atomic mass is 14.5. The van der Waals surface area contributed by atoms with E-state index in [1.165, 1.54) is 27.8 Å². The van der Waals surface area contributed by atoms with Gasteiger partial charge in [-0.05, 0) is 55.2 Å². The fourth-order valence-corrected chi connectivity index (χ4v) is 2.33. The number of aryl methyl sites for hydroxylation is 3. The lowest BCUT2D eigenvalue weighted by Gasteiger charge is -2.12. The molecule has 2 aromatic rings. The van der Waals surface area contributed by atoms with E-state index in [0.29, 0.717) is 0 Å². The van der Waals surface area contributed by atoms with Crippen LogP contribution in [0.4, 0.5) is 5.69 Å². The van der Waals surface area contributed by atoms with Crippen molar-refractivity contribution in [2.45, 2.75) is 20.8 Å². The number of rotatable bonds is 1. The fourth-order valence-electron chi connectivity index (χ4n) is 2.33. The Bertz CT molecular complexity index is 504. The van der Waals surface area contributed by atoms with Gasteiger partial charge in [0, 0.05) is 5.69 Å². The van der Waals surface area contributed by atoms with Crippen molar-refractivity contribution in [2.75, 3.05) is 5.73 Å². The molecule has 0 saturated carbocycles. The van der Waals surface area contributed by atoms with Crippen LogP contribution in [-0.4, -0.2) is 0 Å². The Morgan fingerprint density at radius 1 is 0.875 bits per heavy atom. The van der Waals surface area contributed by atoms with E-state index in [1.807, 2.05) is 18.2 Å². The van der Waals surface area contributed by atoms with Crippen molar-refractivity contribution in [3.63, 3.8) is 0 Å². The summed E-state index contributed by atoms with van der Waals surface area (Å²) in [6, 6.07) is 12.5. The van der Waals surface area contributed by atoms with E-state index in [1.54, 1.807) is 0 Å². The number of nitrogen functional groups attached to an aromatic ring is 1. The number of hydrogen-bond donors (Lipinski definition) is 1. The summed E-state index contributed by atoms with van der Waals surface area (Å²) in [5, 5.41) is 0. The van der Waals surface area contributed by atoms with Crippen molar-refractivity contribution in [2.24, 2.45) is 0 Å². The summed E-state index contributed by atoms with van der Waals surface area (Å²) in [5.74, 6) is 0. The zero-order valence-electron chi connectivity index (χ0n) is 10.0. The predicted molar refractivity (Wildman–Crippen MR) is 70.5 cm³/mol. The predicted octanol–water partition coefficient (Wildman–Crippen LogP) is 3.86. The number of nitrogens with two attached hydrogens (primary N) is 1. The maximum atomic E-state index is 5.83. The Hall–Kier alpha value is -1.76. The summed E-state index contributed by atoms with van der Waals surface area (Å²) >= 11 is 0. The van der Waals surface area contributed by atoms with Crippen LogP contribution in [0.15, 0.2) is 36.4 Å². The van der Waals surface area contributed by atoms with Crippen LogP contribution in [0.1, 0.15) is 16.7 Å². The third-order valence-electron chi connectivity index (χ3n) is 2.85. The van der Waals surface area contributed by atoms with Crippen LogP contribution in [0.2, 0.25) is 0 Å². The minimum atomic E-state index is 0.817. The molecule has 0 aliphatic rings. The summed E-state index contributed by atoms with van der Waals surface area (Å²) in [7, 11) is 0. The highest BCUT2D eigenvalue weighted by molar-refractivity contribution is 5.73. The van der Waals surface area contributed by atoms with Crippen LogP contribution in [0.25, 0.3) is 11.1 Å². The third kappa shape index (κ3) is 1.94. The van der Waals surface area contributed by atoms with Crippen LogP contribution >= 0.6 is 0 Å². The first-order chi connectivity index (χ1) is 7.58. The van der Waals surface area contributed by atoms with Crippen molar-refractivity contribution < 1.29 is 0 Å². The van der Waals surface area contributed by atoms with Gasteiger partial charge >= 0.3 is 0 Å². The Kier molecular flexibility index (Phi) is 2.69. The Morgan fingerprint density at radius 2 is 1.50 bits per heavy atom. The summed E-state index contributed by atoms with van der Waals surface area (Å²) < 4.78 is 0. The molecule has 0 unspecified atom stereocenters. The standard InChI is InChI=1S/C15H17N/c1-10-7-11(2)15(12(3)8-10)13-5-4-6-14(16)9-13/h4-9H,16H2,1-3H3. The molecule has 0 bridgehead atoms. The Labute approximate surface area is 96.9 Å². The zero-order chi connectivity index (χ0) is 11.7. The summed E-state index contributed by atoms with van der Waals surface area (Å²) in [6.45, 7) is 6.43. The highest BCUT2D eigenvalue weighted by Gasteiger charge is 2.06. The molecule has 2 aromatic carbocycles. The number of hydrogen-bond acceptors (Lipinski definition) is 1. The van der Waals surface area contributed by atoms with E-state index in [2.05, 4.69) is 39.0 Å². The SMILES string of the molecule is Cc1cc(C)c(-c2cccc(N)c2)c(C)c1. The third-order valence-corrected chi connectivity index (χ3v) is 2.85. The van der Waals surface area contributed by atoms with Gasteiger partial charge in [-0.3, -0.25) is 0 Å². The molecule has 0 aliphatic carbocycles. The molecule has 0 heterocycles. The fraction of sp³-hybridized carbons (Fsp3) is 0.200. The largest absolute Gasteiger partial charge is 0.399 e. The van der Waals surface area contributed by atoms with Gasteiger partial charge < -0.3 is 5.73 Å². The molecule has 82 valence electrons. The Balaban J connectivity index is 2.64. The van der Waals surface area contributed by atoms with Crippen LogP contribution in [-0.2, 0) is 0 Å². The molecule has 0 aromatic heterocycles. The average molecular weight is 211 g/mol. The minimum absolute atomic E-state index is 0.817. The first-order valence-electron chi connectivity index (χ1n) is 5.51. The normalized spacial score (nSPS) is 10.4. The summed E-state index contributed by atoms with van der Waals surface area (Å²) in [6.07, 6.45) is 0. The maximum Gasteiger partial charge on any atom is 0.0320 e. The molecule has 1 nitrogen and oxygen atoms in total. The number of benzene rings is 2. The molecule has 2 N–H and O–H groups in total. The topological polar surface area (TPSA) is 26.0 Å². The van der Waals surface area contributed by atoms with E-state index in [4.69, 9.17) is 5.73 Å². The van der Waals surface area contributed by atoms with Gasteiger partial charge in [-0.1, -0.05) is 29.8 Å². The van der Waals surface area contributed by atoms with Gasteiger partial charge in [0.15, 0.2) is 0 Å².